The Morgan fingerprint density at radius 1 is 1.63 bits per heavy atom. The molecule has 3 aliphatic rings. The van der Waals surface area contributed by atoms with E-state index in [-0.39, 0.29) is 5.91 Å². The number of anilines is 1. The van der Waals surface area contributed by atoms with Crippen molar-refractivity contribution in [2.45, 2.75) is 11.7 Å². The summed E-state index contributed by atoms with van der Waals surface area (Å²) in [6.07, 6.45) is 4.74. The monoisotopic (exact) mass is 278 g/mol. The summed E-state index contributed by atoms with van der Waals surface area (Å²) in [4.78, 5) is 29.5. The summed E-state index contributed by atoms with van der Waals surface area (Å²) in [5.41, 5.74) is -0.781. The molecule has 3 aliphatic heterocycles. The first-order valence-corrected chi connectivity index (χ1v) is 6.81. The van der Waals surface area contributed by atoms with Crippen molar-refractivity contribution in [3.63, 3.8) is 0 Å². The summed E-state index contributed by atoms with van der Waals surface area (Å²) in [6.45, 7) is 0.348. The van der Waals surface area contributed by atoms with Gasteiger partial charge in [-0.1, -0.05) is 12.2 Å². The zero-order chi connectivity index (χ0) is 13.2. The molecule has 0 saturated carbocycles. The molecule has 1 aromatic heterocycles. The minimum atomic E-state index is -0.976. The van der Waals surface area contributed by atoms with Crippen LogP contribution in [0.4, 0.5) is 5.13 Å². The van der Waals surface area contributed by atoms with Gasteiger partial charge in [-0.05, 0) is 0 Å². The Morgan fingerprint density at radius 2 is 2.47 bits per heavy atom. The van der Waals surface area contributed by atoms with Gasteiger partial charge in [0, 0.05) is 11.6 Å². The van der Waals surface area contributed by atoms with Crippen molar-refractivity contribution in [2.24, 2.45) is 11.8 Å². The molecule has 2 fully saturated rings. The average Bonchev–Trinajstić information content (AvgIpc) is 3.09. The van der Waals surface area contributed by atoms with Crippen LogP contribution in [0.5, 0.6) is 0 Å². The lowest BCUT2D eigenvalue weighted by Gasteiger charge is -2.21. The molecule has 4 atom stereocenters. The van der Waals surface area contributed by atoms with Gasteiger partial charge in [-0.25, -0.2) is 4.98 Å². The number of carboxylic acid groups (broad SMARTS) is 1. The Bertz CT molecular complexity index is 599. The second-order valence-corrected chi connectivity index (χ2v) is 5.85. The summed E-state index contributed by atoms with van der Waals surface area (Å²) in [6, 6.07) is 0. The molecule has 4 heterocycles. The zero-order valence-corrected chi connectivity index (χ0v) is 10.5. The quantitative estimate of drug-likeness (QED) is 0.797. The van der Waals surface area contributed by atoms with Crippen LogP contribution in [0.2, 0.25) is 0 Å². The molecule has 1 amide bonds. The summed E-state index contributed by atoms with van der Waals surface area (Å²) in [5, 5.41) is 11.7. The molecule has 1 N–H and O–H groups in total. The fraction of sp³-hybridized carbons (Fsp3) is 0.417. The molecule has 0 radical (unpaired) electrons. The van der Waals surface area contributed by atoms with Gasteiger partial charge < -0.3 is 9.84 Å². The van der Waals surface area contributed by atoms with Crippen LogP contribution in [-0.4, -0.2) is 40.2 Å². The number of carbonyl (C=O) groups excluding carboxylic acids is 1. The van der Waals surface area contributed by atoms with Gasteiger partial charge in [-0.3, -0.25) is 14.5 Å². The van der Waals surface area contributed by atoms with Gasteiger partial charge in [-0.2, -0.15) is 0 Å². The maximum atomic E-state index is 12.5. The largest absolute Gasteiger partial charge is 0.481 e. The second kappa shape index (κ2) is 3.43. The molecule has 4 rings (SSSR count). The van der Waals surface area contributed by atoms with Gasteiger partial charge in [0.25, 0.3) is 0 Å². The minimum Gasteiger partial charge on any atom is -0.481 e. The molecule has 2 saturated heterocycles. The normalized spacial score (nSPS) is 39.1. The van der Waals surface area contributed by atoms with Crippen LogP contribution >= 0.6 is 11.3 Å². The molecule has 98 valence electrons. The van der Waals surface area contributed by atoms with Crippen molar-refractivity contribution >= 4 is 28.3 Å². The van der Waals surface area contributed by atoms with Crippen molar-refractivity contribution in [2.75, 3.05) is 11.4 Å². The van der Waals surface area contributed by atoms with E-state index in [9.17, 15) is 14.7 Å². The van der Waals surface area contributed by atoms with Crippen LogP contribution in [0.1, 0.15) is 0 Å². The van der Waals surface area contributed by atoms with Gasteiger partial charge in [0.05, 0.1) is 18.6 Å². The predicted molar refractivity (Wildman–Crippen MR) is 65.8 cm³/mol. The number of fused-ring (bicyclic) bond motifs is 1. The van der Waals surface area contributed by atoms with E-state index in [0.717, 1.165) is 0 Å². The van der Waals surface area contributed by atoms with Crippen LogP contribution in [0, 0.1) is 11.8 Å². The lowest BCUT2D eigenvalue weighted by molar-refractivity contribution is -0.146. The molecule has 0 unspecified atom stereocenters. The van der Waals surface area contributed by atoms with Gasteiger partial charge in [-0.15, -0.1) is 11.3 Å². The number of thiazole rings is 1. The Balaban J connectivity index is 1.77. The Kier molecular flexibility index (Phi) is 2.01. The smallest absolute Gasteiger partial charge is 0.310 e. The number of amides is 1. The molecule has 6 nitrogen and oxygen atoms in total. The lowest BCUT2D eigenvalue weighted by atomic mass is 9.77. The lowest BCUT2D eigenvalue weighted by Crippen LogP contribution is -2.39. The third-order valence-electron chi connectivity index (χ3n) is 4.04. The van der Waals surface area contributed by atoms with Gasteiger partial charge in [0.1, 0.15) is 11.5 Å². The molecule has 19 heavy (non-hydrogen) atoms. The van der Waals surface area contributed by atoms with Crippen molar-refractivity contribution in [1.82, 2.24) is 4.98 Å². The maximum absolute atomic E-state index is 12.5. The van der Waals surface area contributed by atoms with E-state index in [2.05, 4.69) is 4.98 Å². The molecule has 2 bridgehead atoms. The van der Waals surface area contributed by atoms with Crippen LogP contribution in [0.15, 0.2) is 23.7 Å². The molecular weight excluding hydrogens is 268 g/mol. The summed E-state index contributed by atoms with van der Waals surface area (Å²) in [5.74, 6) is -2.60. The van der Waals surface area contributed by atoms with E-state index in [1.807, 2.05) is 6.08 Å². The summed E-state index contributed by atoms with van der Waals surface area (Å²) < 4.78 is 5.78. The molecule has 0 aromatic carbocycles. The minimum absolute atomic E-state index is 0.200. The Labute approximate surface area is 112 Å². The highest BCUT2D eigenvalue weighted by Crippen LogP contribution is 2.52. The van der Waals surface area contributed by atoms with E-state index in [1.54, 1.807) is 17.7 Å². The van der Waals surface area contributed by atoms with E-state index in [0.29, 0.717) is 11.7 Å². The fourth-order valence-electron chi connectivity index (χ4n) is 3.29. The molecule has 0 aliphatic carbocycles. The molecule has 7 heteroatoms. The van der Waals surface area contributed by atoms with Crippen LogP contribution in [0.25, 0.3) is 0 Å². The first-order chi connectivity index (χ1) is 9.12. The number of aromatic nitrogens is 1. The number of rotatable bonds is 2. The average molecular weight is 278 g/mol. The van der Waals surface area contributed by atoms with Crippen LogP contribution < -0.4 is 4.90 Å². The van der Waals surface area contributed by atoms with Crippen molar-refractivity contribution < 1.29 is 19.4 Å². The SMILES string of the molecule is O=C(O)[C@H]1[C@H]2C=C[C@@]3(CN(c4nccs4)C(=O)[C@@H]13)O2. The highest BCUT2D eigenvalue weighted by molar-refractivity contribution is 7.13. The first kappa shape index (κ1) is 11.1. The third kappa shape index (κ3) is 1.26. The Hall–Kier alpha value is -1.73. The standard InChI is InChI=1S/C12H10N2O4S/c15-9-8-7(10(16)17)6-1-2-12(8,18-6)5-14(9)11-13-3-4-19-11/h1-4,6-8H,5H2,(H,16,17)/t6-,7+,8-,12+/m1/s1. The Morgan fingerprint density at radius 3 is 3.16 bits per heavy atom. The second-order valence-electron chi connectivity index (χ2n) is 4.98. The molecular formula is C12H10N2O4S. The van der Waals surface area contributed by atoms with E-state index in [1.165, 1.54) is 16.2 Å². The molecule has 1 aromatic rings. The maximum Gasteiger partial charge on any atom is 0.310 e. The van der Waals surface area contributed by atoms with Crippen molar-refractivity contribution in [3.8, 4) is 0 Å². The summed E-state index contributed by atoms with van der Waals surface area (Å²) in [7, 11) is 0. The first-order valence-electron chi connectivity index (χ1n) is 5.93. The zero-order valence-electron chi connectivity index (χ0n) is 9.72. The van der Waals surface area contributed by atoms with Gasteiger partial charge >= 0.3 is 5.97 Å². The van der Waals surface area contributed by atoms with E-state index < -0.39 is 29.5 Å². The highest BCUT2D eigenvalue weighted by Gasteiger charge is 2.67. The number of aliphatic carboxylic acids is 1. The van der Waals surface area contributed by atoms with E-state index in [4.69, 9.17) is 4.74 Å². The van der Waals surface area contributed by atoms with Crippen LogP contribution in [0.3, 0.4) is 0 Å². The number of carbonyl (C=O) groups is 2. The summed E-state index contributed by atoms with van der Waals surface area (Å²) >= 11 is 1.36. The van der Waals surface area contributed by atoms with Gasteiger partial charge in [0.15, 0.2) is 5.13 Å². The highest BCUT2D eigenvalue weighted by atomic mass is 32.1. The van der Waals surface area contributed by atoms with Crippen LogP contribution in [-0.2, 0) is 14.3 Å². The van der Waals surface area contributed by atoms with Crippen molar-refractivity contribution in [3.05, 3.63) is 23.7 Å². The van der Waals surface area contributed by atoms with Gasteiger partial charge in [0.2, 0.25) is 5.91 Å². The number of hydrogen-bond acceptors (Lipinski definition) is 5. The number of hydrogen-bond donors (Lipinski definition) is 1. The predicted octanol–water partition coefficient (Wildman–Crippen LogP) is 0.514. The molecule has 1 spiro atoms. The van der Waals surface area contributed by atoms with Crippen molar-refractivity contribution in [1.29, 1.82) is 0 Å². The number of carboxylic acids is 1. The number of nitrogens with zero attached hydrogens (tertiary/aromatic N) is 2. The third-order valence-corrected chi connectivity index (χ3v) is 4.83. The van der Waals surface area contributed by atoms with E-state index >= 15 is 0 Å². The fourth-order valence-corrected chi connectivity index (χ4v) is 3.94. The topological polar surface area (TPSA) is 79.7 Å². The number of ether oxygens (including phenoxy) is 1.